The van der Waals surface area contributed by atoms with E-state index >= 15 is 0 Å². The molecule has 0 saturated heterocycles. The van der Waals surface area contributed by atoms with Crippen molar-refractivity contribution < 1.29 is 14.0 Å². The van der Waals surface area contributed by atoms with Crippen LogP contribution in [0.3, 0.4) is 0 Å². The first kappa shape index (κ1) is 15.0. The lowest BCUT2D eigenvalue weighted by atomic mass is 10.3. The molecule has 0 bridgehead atoms. The second-order valence-corrected chi connectivity index (χ2v) is 5.66. The molecule has 0 amide bonds. The molecule has 1 atom stereocenters. The minimum Gasteiger partial charge on any atom is -0.380 e. The van der Waals surface area contributed by atoms with Crippen LogP contribution in [0.25, 0.3) is 0 Å². The van der Waals surface area contributed by atoms with Crippen LogP contribution in [-0.2, 0) is 9.09 Å². The fourth-order valence-corrected chi connectivity index (χ4v) is 2.31. The van der Waals surface area contributed by atoms with Crippen LogP contribution in [0.1, 0.15) is 33.1 Å². The highest BCUT2D eigenvalue weighted by Gasteiger charge is 2.16. The molecule has 0 aliphatic carbocycles. The van der Waals surface area contributed by atoms with Gasteiger partial charge in [0.1, 0.15) is 0 Å². The normalized spacial score (nSPS) is 14.6. The first-order valence-electron chi connectivity index (χ1n) is 5.25. The lowest BCUT2D eigenvalue weighted by Gasteiger charge is -2.10. The monoisotopic (exact) mass is 253 g/mol. The molecule has 0 aliphatic heterocycles. The number of rotatable bonds is 8. The molecule has 0 rings (SSSR count). The molecule has 1 unspecified atom stereocenters. The van der Waals surface area contributed by atoms with Crippen molar-refractivity contribution in [2.24, 2.45) is 0 Å². The summed E-state index contributed by atoms with van der Waals surface area (Å²) in [4.78, 5) is 10.1. The van der Waals surface area contributed by atoms with E-state index in [0.29, 0.717) is 6.42 Å². The second kappa shape index (κ2) is 8.22. The Bertz CT molecular complexity index is 235. The summed E-state index contributed by atoms with van der Waals surface area (Å²) < 4.78 is 16.0. The van der Waals surface area contributed by atoms with Crippen molar-refractivity contribution in [3.05, 3.63) is 0 Å². The average molecular weight is 253 g/mol. The van der Waals surface area contributed by atoms with Gasteiger partial charge in [0.15, 0.2) is 0 Å². The first-order valence-corrected chi connectivity index (χ1v) is 7.42. The molecule has 0 fully saturated rings. The lowest BCUT2D eigenvalue weighted by Crippen LogP contribution is -2.21. The van der Waals surface area contributed by atoms with Crippen LogP contribution in [0.2, 0.25) is 0 Å². The van der Waals surface area contributed by atoms with Crippen LogP contribution in [0.5, 0.6) is 0 Å². The van der Waals surface area contributed by atoms with Gasteiger partial charge in [0, 0.05) is 6.54 Å². The van der Waals surface area contributed by atoms with Gasteiger partial charge in [0.2, 0.25) is 0 Å². The van der Waals surface area contributed by atoms with Crippen LogP contribution in [0.15, 0.2) is 0 Å². The minimum absolute atomic E-state index is 0.224. The summed E-state index contributed by atoms with van der Waals surface area (Å²) in [6.45, 7) is 4.75. The molecule has 0 heterocycles. The van der Waals surface area contributed by atoms with Gasteiger partial charge >= 0.3 is 7.60 Å². The van der Waals surface area contributed by atoms with Crippen LogP contribution in [0.4, 0.5) is 0 Å². The number of unbranched alkanes of at least 4 members (excludes halogenated alkanes) is 1. The van der Waals surface area contributed by atoms with Gasteiger partial charge < -0.3 is 14.7 Å². The van der Waals surface area contributed by atoms with E-state index in [1.807, 2.05) is 6.92 Å². The molecule has 0 aromatic rings. The van der Waals surface area contributed by atoms with Crippen molar-refractivity contribution in [3.8, 4) is 0 Å². The highest BCUT2D eigenvalue weighted by atomic mass is 32.1. The summed E-state index contributed by atoms with van der Waals surface area (Å²) in [6.07, 6.45) is 2.57. The van der Waals surface area contributed by atoms with E-state index in [4.69, 9.17) is 16.7 Å². The topological polar surface area (TPSA) is 58.6 Å². The van der Waals surface area contributed by atoms with Crippen molar-refractivity contribution >= 4 is 24.8 Å². The Morgan fingerprint density at radius 3 is 2.67 bits per heavy atom. The molecule has 6 heteroatoms. The number of hydrogen-bond donors (Lipinski definition) is 2. The Morgan fingerprint density at radius 1 is 1.47 bits per heavy atom. The quantitative estimate of drug-likeness (QED) is 0.395. The molecule has 15 heavy (non-hydrogen) atoms. The van der Waals surface area contributed by atoms with E-state index in [-0.39, 0.29) is 12.8 Å². The SMILES string of the molecule is CCOP(=O)(O)CCCCNC(=S)CC. The smallest absolute Gasteiger partial charge is 0.328 e. The lowest BCUT2D eigenvalue weighted by molar-refractivity contribution is 0.273. The highest BCUT2D eigenvalue weighted by molar-refractivity contribution is 7.80. The van der Waals surface area contributed by atoms with Crippen molar-refractivity contribution in [2.75, 3.05) is 19.3 Å². The van der Waals surface area contributed by atoms with Gasteiger partial charge in [-0.05, 0) is 26.2 Å². The van der Waals surface area contributed by atoms with Crippen molar-refractivity contribution in [3.63, 3.8) is 0 Å². The van der Waals surface area contributed by atoms with Crippen LogP contribution >= 0.6 is 19.8 Å². The maximum absolute atomic E-state index is 11.3. The molecule has 0 aromatic heterocycles. The summed E-state index contributed by atoms with van der Waals surface area (Å²) >= 11 is 4.98. The van der Waals surface area contributed by atoms with Crippen LogP contribution in [-0.4, -0.2) is 29.2 Å². The van der Waals surface area contributed by atoms with Crippen molar-refractivity contribution in [2.45, 2.75) is 33.1 Å². The van der Waals surface area contributed by atoms with Gasteiger partial charge in [-0.15, -0.1) is 0 Å². The highest BCUT2D eigenvalue weighted by Crippen LogP contribution is 2.42. The zero-order valence-electron chi connectivity index (χ0n) is 9.36. The van der Waals surface area contributed by atoms with Gasteiger partial charge in [0.05, 0.1) is 17.8 Å². The van der Waals surface area contributed by atoms with Crippen LogP contribution in [0, 0.1) is 0 Å². The number of thiocarbonyl (C=S) groups is 1. The second-order valence-electron chi connectivity index (χ2n) is 3.19. The van der Waals surface area contributed by atoms with Crippen molar-refractivity contribution in [1.29, 1.82) is 0 Å². The summed E-state index contributed by atoms with van der Waals surface area (Å²) in [7, 11) is -3.32. The Hall–Kier alpha value is 0.0400. The van der Waals surface area contributed by atoms with E-state index < -0.39 is 7.60 Å². The molecule has 0 aliphatic rings. The number of hydrogen-bond acceptors (Lipinski definition) is 3. The largest absolute Gasteiger partial charge is 0.380 e. The molecule has 90 valence electrons. The zero-order chi connectivity index (χ0) is 11.7. The summed E-state index contributed by atoms with van der Waals surface area (Å²) in [5.74, 6) is 0. The molecule has 2 N–H and O–H groups in total. The van der Waals surface area contributed by atoms with Crippen molar-refractivity contribution in [1.82, 2.24) is 5.32 Å². The predicted octanol–water partition coefficient (Wildman–Crippen LogP) is 2.32. The fraction of sp³-hybridized carbons (Fsp3) is 0.889. The Kier molecular flexibility index (Phi) is 8.24. The predicted molar refractivity (Wildman–Crippen MR) is 66.4 cm³/mol. The third kappa shape index (κ3) is 9.00. The third-order valence-electron chi connectivity index (χ3n) is 1.84. The average Bonchev–Trinajstić information content (AvgIpc) is 2.16. The Morgan fingerprint density at radius 2 is 2.13 bits per heavy atom. The number of nitrogens with one attached hydrogen (secondary N) is 1. The Balaban J connectivity index is 3.46. The van der Waals surface area contributed by atoms with E-state index in [9.17, 15) is 9.46 Å². The maximum Gasteiger partial charge on any atom is 0.328 e. The minimum atomic E-state index is -3.32. The summed E-state index contributed by atoms with van der Waals surface area (Å²) in [5, 5.41) is 3.07. The molecule has 0 spiro atoms. The molecule has 0 radical (unpaired) electrons. The standard InChI is InChI=1S/C9H20NO3PS/c1-3-9(15)10-7-5-6-8-14(11,12)13-4-2/h3-8H2,1-2H3,(H,10,15)(H,11,12). The molecule has 4 nitrogen and oxygen atoms in total. The van der Waals surface area contributed by atoms with E-state index in [0.717, 1.165) is 24.4 Å². The summed E-state index contributed by atoms with van der Waals surface area (Å²) in [6, 6.07) is 0. The third-order valence-corrected chi connectivity index (χ3v) is 3.82. The first-order chi connectivity index (χ1) is 7.02. The van der Waals surface area contributed by atoms with Gasteiger partial charge in [-0.3, -0.25) is 4.57 Å². The zero-order valence-corrected chi connectivity index (χ0v) is 11.1. The molecule has 0 saturated carbocycles. The molecular formula is C9H20NO3PS. The van der Waals surface area contributed by atoms with Gasteiger partial charge in [-0.1, -0.05) is 19.1 Å². The van der Waals surface area contributed by atoms with Crippen LogP contribution < -0.4 is 5.32 Å². The molecular weight excluding hydrogens is 233 g/mol. The van der Waals surface area contributed by atoms with Gasteiger partial charge in [0.25, 0.3) is 0 Å². The molecule has 0 aromatic carbocycles. The van der Waals surface area contributed by atoms with Gasteiger partial charge in [-0.25, -0.2) is 0 Å². The fourth-order valence-electron chi connectivity index (χ4n) is 1.06. The Labute approximate surface area is 96.9 Å². The van der Waals surface area contributed by atoms with E-state index in [1.165, 1.54) is 0 Å². The van der Waals surface area contributed by atoms with E-state index in [1.54, 1.807) is 6.92 Å². The summed E-state index contributed by atoms with van der Waals surface area (Å²) in [5.41, 5.74) is 0. The maximum atomic E-state index is 11.3. The van der Waals surface area contributed by atoms with Gasteiger partial charge in [-0.2, -0.15) is 0 Å². The van der Waals surface area contributed by atoms with E-state index in [2.05, 4.69) is 5.32 Å².